The van der Waals surface area contributed by atoms with Crippen LogP contribution in [0.3, 0.4) is 0 Å². The molecule has 0 heterocycles. The molecule has 0 spiro atoms. The monoisotopic (exact) mass is 506 g/mol. The molecule has 0 aliphatic heterocycles. The summed E-state index contributed by atoms with van der Waals surface area (Å²) in [6.07, 6.45) is 2.32. The largest absolute Gasteiger partial charge is 0.484 e. The zero-order valence-corrected chi connectivity index (χ0v) is 22.3. The van der Waals surface area contributed by atoms with Crippen LogP contribution in [0.15, 0.2) is 42.5 Å². The molecule has 0 saturated carbocycles. The lowest BCUT2D eigenvalue weighted by Crippen LogP contribution is -2.50. The highest BCUT2D eigenvalue weighted by Gasteiger charge is 2.29. The van der Waals surface area contributed by atoms with Gasteiger partial charge in [0, 0.05) is 23.1 Å². The second-order valence-corrected chi connectivity index (χ2v) is 10.2. The number of unbranched alkanes of at least 4 members (excludes halogenated alkanes) is 1. The van der Waals surface area contributed by atoms with Crippen LogP contribution in [0.25, 0.3) is 0 Å². The van der Waals surface area contributed by atoms with Gasteiger partial charge in [-0.2, -0.15) is 0 Å². The molecule has 7 heteroatoms. The molecule has 0 radical (unpaired) electrons. The molecule has 34 heavy (non-hydrogen) atoms. The number of benzene rings is 2. The van der Waals surface area contributed by atoms with E-state index in [0.717, 1.165) is 12.8 Å². The van der Waals surface area contributed by atoms with Gasteiger partial charge in [0.25, 0.3) is 5.91 Å². The van der Waals surface area contributed by atoms with Crippen LogP contribution in [0.5, 0.6) is 5.75 Å². The predicted molar refractivity (Wildman–Crippen MR) is 140 cm³/mol. The Morgan fingerprint density at radius 2 is 1.74 bits per heavy atom. The molecule has 0 saturated heterocycles. The Morgan fingerprint density at radius 1 is 1.06 bits per heavy atom. The fourth-order valence-electron chi connectivity index (χ4n) is 3.54. The minimum Gasteiger partial charge on any atom is -0.484 e. The fraction of sp³-hybridized carbons (Fsp3) is 0.481. The Labute approximate surface area is 213 Å². The summed E-state index contributed by atoms with van der Waals surface area (Å²) in [4.78, 5) is 27.8. The van der Waals surface area contributed by atoms with E-state index in [1.807, 2.05) is 31.2 Å². The maximum absolute atomic E-state index is 13.3. The van der Waals surface area contributed by atoms with E-state index in [1.165, 1.54) is 5.56 Å². The van der Waals surface area contributed by atoms with E-state index in [4.69, 9.17) is 27.9 Å². The van der Waals surface area contributed by atoms with Gasteiger partial charge in [0.15, 0.2) is 6.61 Å². The van der Waals surface area contributed by atoms with Crippen molar-refractivity contribution in [3.8, 4) is 5.75 Å². The first-order valence-corrected chi connectivity index (χ1v) is 12.6. The zero-order chi connectivity index (χ0) is 25.3. The number of halogens is 2. The summed E-state index contributed by atoms with van der Waals surface area (Å²) >= 11 is 12.4. The summed E-state index contributed by atoms with van der Waals surface area (Å²) in [5, 5.41) is 3.91. The van der Waals surface area contributed by atoms with E-state index in [0.29, 0.717) is 34.3 Å². The van der Waals surface area contributed by atoms with E-state index in [9.17, 15) is 9.59 Å². The molecule has 0 bridgehead atoms. The van der Waals surface area contributed by atoms with E-state index < -0.39 is 6.04 Å². The van der Waals surface area contributed by atoms with Crippen molar-refractivity contribution in [2.75, 3.05) is 13.2 Å². The third kappa shape index (κ3) is 8.21. The molecule has 1 atom stereocenters. The van der Waals surface area contributed by atoms with Gasteiger partial charge in [0.2, 0.25) is 5.91 Å². The minimum absolute atomic E-state index is 0.0302. The molecule has 5 nitrogen and oxygen atoms in total. The fourth-order valence-corrected chi connectivity index (χ4v) is 4.01. The van der Waals surface area contributed by atoms with E-state index in [1.54, 1.807) is 23.1 Å². The number of carbonyl (C=O) groups excluding carboxylic acids is 2. The quantitative estimate of drug-likeness (QED) is 0.359. The summed E-state index contributed by atoms with van der Waals surface area (Å²) in [6.45, 7) is 11.0. The van der Waals surface area contributed by atoms with Crippen molar-refractivity contribution >= 4 is 35.0 Å². The van der Waals surface area contributed by atoms with Crippen molar-refractivity contribution in [1.29, 1.82) is 0 Å². The summed E-state index contributed by atoms with van der Waals surface area (Å²) in [5.41, 5.74) is 1.93. The molecule has 2 aromatic rings. The highest BCUT2D eigenvalue weighted by atomic mass is 35.5. The predicted octanol–water partition coefficient (Wildman–Crippen LogP) is 6.39. The van der Waals surface area contributed by atoms with Gasteiger partial charge < -0.3 is 15.0 Å². The van der Waals surface area contributed by atoms with Crippen molar-refractivity contribution in [2.45, 2.75) is 71.9 Å². The lowest BCUT2D eigenvalue weighted by molar-refractivity contribution is -0.143. The number of amides is 2. The van der Waals surface area contributed by atoms with Gasteiger partial charge in [0.1, 0.15) is 11.8 Å². The third-order valence-corrected chi connectivity index (χ3v) is 6.24. The number of nitrogens with zero attached hydrogens (tertiary/aromatic N) is 1. The van der Waals surface area contributed by atoms with Crippen molar-refractivity contribution in [2.24, 2.45) is 0 Å². The second kappa shape index (κ2) is 13.0. The summed E-state index contributed by atoms with van der Waals surface area (Å²) in [7, 11) is 0. The maximum Gasteiger partial charge on any atom is 0.261 e. The van der Waals surface area contributed by atoms with Gasteiger partial charge in [-0.25, -0.2) is 0 Å². The topological polar surface area (TPSA) is 58.6 Å². The Hall–Kier alpha value is -2.24. The molecule has 1 N–H and O–H groups in total. The van der Waals surface area contributed by atoms with Gasteiger partial charge in [-0.3, -0.25) is 9.59 Å². The number of hydrogen-bond acceptors (Lipinski definition) is 3. The summed E-state index contributed by atoms with van der Waals surface area (Å²) in [6, 6.07) is 12.2. The van der Waals surface area contributed by atoms with Crippen LogP contribution in [-0.2, 0) is 21.5 Å². The SMILES string of the molecule is CCCCNC(=O)[C@@H](CC)N(Cc1ccc(Cl)cc1Cl)C(=O)COc1ccc(C(C)(C)C)cc1. The number of nitrogens with one attached hydrogen (secondary N) is 1. The average molecular weight is 508 g/mol. The molecule has 0 aliphatic rings. The number of carbonyl (C=O) groups is 2. The molecule has 2 rings (SSSR count). The summed E-state index contributed by atoms with van der Waals surface area (Å²) in [5.74, 6) is 0.138. The lowest BCUT2D eigenvalue weighted by atomic mass is 9.87. The zero-order valence-electron chi connectivity index (χ0n) is 20.8. The van der Waals surface area contributed by atoms with Gasteiger partial charge in [0.05, 0.1) is 0 Å². The van der Waals surface area contributed by atoms with Crippen LogP contribution in [-0.4, -0.2) is 35.9 Å². The van der Waals surface area contributed by atoms with E-state index in [2.05, 4.69) is 33.0 Å². The molecular formula is C27H36Cl2N2O3. The molecule has 0 fully saturated rings. The Kier molecular flexibility index (Phi) is 10.7. The highest BCUT2D eigenvalue weighted by molar-refractivity contribution is 6.35. The number of rotatable bonds is 11. The average Bonchev–Trinajstić information content (AvgIpc) is 2.78. The Bertz CT molecular complexity index is 955. The normalized spacial score (nSPS) is 12.2. The van der Waals surface area contributed by atoms with E-state index in [-0.39, 0.29) is 30.4 Å². The van der Waals surface area contributed by atoms with Gasteiger partial charge in [-0.05, 0) is 53.6 Å². The molecular weight excluding hydrogens is 471 g/mol. The molecule has 2 aromatic carbocycles. The van der Waals surface area contributed by atoms with Crippen molar-refractivity contribution in [3.05, 3.63) is 63.6 Å². The van der Waals surface area contributed by atoms with Crippen LogP contribution in [0.2, 0.25) is 10.0 Å². The number of hydrogen-bond donors (Lipinski definition) is 1. The molecule has 0 aromatic heterocycles. The molecule has 0 aliphatic carbocycles. The first-order valence-electron chi connectivity index (χ1n) is 11.8. The molecule has 2 amide bonds. The maximum atomic E-state index is 13.3. The summed E-state index contributed by atoms with van der Waals surface area (Å²) < 4.78 is 5.80. The van der Waals surface area contributed by atoms with Crippen molar-refractivity contribution < 1.29 is 14.3 Å². The second-order valence-electron chi connectivity index (χ2n) is 9.39. The van der Waals surface area contributed by atoms with Crippen LogP contribution in [0.4, 0.5) is 0 Å². The van der Waals surface area contributed by atoms with Crippen molar-refractivity contribution in [1.82, 2.24) is 10.2 Å². The Balaban J connectivity index is 2.20. The first kappa shape index (κ1) is 28.0. The van der Waals surface area contributed by atoms with Crippen LogP contribution >= 0.6 is 23.2 Å². The Morgan fingerprint density at radius 3 is 2.29 bits per heavy atom. The standard InChI is InChI=1S/C27H36Cl2N2O3/c1-6-8-15-30-26(33)24(7-2)31(17-19-9-12-21(28)16-23(19)29)25(32)18-34-22-13-10-20(11-14-22)27(3,4)5/h9-14,16,24H,6-8,15,17-18H2,1-5H3,(H,30,33)/t24-/m1/s1. The van der Waals surface area contributed by atoms with E-state index >= 15 is 0 Å². The third-order valence-electron chi connectivity index (χ3n) is 5.65. The lowest BCUT2D eigenvalue weighted by Gasteiger charge is -2.31. The van der Waals surface area contributed by atoms with Crippen LogP contribution in [0.1, 0.15) is 65.0 Å². The van der Waals surface area contributed by atoms with Crippen molar-refractivity contribution in [3.63, 3.8) is 0 Å². The molecule has 0 unspecified atom stereocenters. The minimum atomic E-state index is -0.636. The smallest absolute Gasteiger partial charge is 0.261 e. The molecule has 186 valence electrons. The number of ether oxygens (including phenoxy) is 1. The van der Waals surface area contributed by atoms with Crippen LogP contribution < -0.4 is 10.1 Å². The first-order chi connectivity index (χ1) is 16.1. The van der Waals surface area contributed by atoms with Gasteiger partial charge >= 0.3 is 0 Å². The van der Waals surface area contributed by atoms with Crippen LogP contribution in [0, 0.1) is 0 Å². The van der Waals surface area contributed by atoms with Gasteiger partial charge in [-0.1, -0.05) is 82.4 Å². The highest BCUT2D eigenvalue weighted by Crippen LogP contribution is 2.25. The van der Waals surface area contributed by atoms with Gasteiger partial charge in [-0.15, -0.1) is 0 Å².